The molecule has 1 aliphatic heterocycles. The summed E-state index contributed by atoms with van der Waals surface area (Å²) in [5.74, 6) is 1.36. The summed E-state index contributed by atoms with van der Waals surface area (Å²) in [6.07, 6.45) is -2.27. The van der Waals surface area contributed by atoms with Gasteiger partial charge in [-0.25, -0.2) is 4.98 Å². The van der Waals surface area contributed by atoms with Gasteiger partial charge >= 0.3 is 12.2 Å². The van der Waals surface area contributed by atoms with Crippen LogP contribution in [0.5, 0.6) is 17.5 Å². The molecule has 0 atom stereocenters. The number of benzene rings is 1. The molecule has 0 N–H and O–H groups in total. The van der Waals surface area contributed by atoms with Crippen LogP contribution < -0.4 is 14.2 Å². The third-order valence-corrected chi connectivity index (χ3v) is 4.58. The van der Waals surface area contributed by atoms with Crippen molar-refractivity contribution in [2.45, 2.75) is 31.7 Å². The van der Waals surface area contributed by atoms with Crippen molar-refractivity contribution in [2.75, 3.05) is 27.3 Å². The van der Waals surface area contributed by atoms with Crippen LogP contribution in [-0.4, -0.2) is 48.3 Å². The first-order valence-corrected chi connectivity index (χ1v) is 8.89. The van der Waals surface area contributed by atoms with E-state index in [0.29, 0.717) is 24.3 Å². The fourth-order valence-corrected chi connectivity index (χ4v) is 3.13. The molecular weight excluding hydrogens is 375 g/mol. The van der Waals surface area contributed by atoms with Crippen molar-refractivity contribution in [1.29, 1.82) is 0 Å². The van der Waals surface area contributed by atoms with Gasteiger partial charge in [0.1, 0.15) is 6.10 Å². The maximum atomic E-state index is 12.7. The van der Waals surface area contributed by atoms with E-state index in [4.69, 9.17) is 14.2 Å². The minimum Gasteiger partial charge on any atom is -0.493 e. The van der Waals surface area contributed by atoms with Crippen molar-refractivity contribution in [3.63, 3.8) is 0 Å². The first kappa shape index (κ1) is 20.2. The van der Waals surface area contributed by atoms with Crippen molar-refractivity contribution in [3.8, 4) is 17.5 Å². The zero-order chi connectivity index (χ0) is 20.1. The molecule has 3 rings (SSSR count). The van der Waals surface area contributed by atoms with Gasteiger partial charge in [-0.05, 0) is 36.6 Å². The molecule has 0 amide bonds. The largest absolute Gasteiger partial charge is 0.493 e. The number of aromatic nitrogens is 2. The zero-order valence-electron chi connectivity index (χ0n) is 15.7. The summed E-state index contributed by atoms with van der Waals surface area (Å²) in [6, 6.07) is 6.40. The minimum absolute atomic E-state index is 0.204. The number of rotatable bonds is 6. The highest BCUT2D eigenvalue weighted by Crippen LogP contribution is 2.30. The van der Waals surface area contributed by atoms with Crippen LogP contribution in [0.15, 0.2) is 30.5 Å². The van der Waals surface area contributed by atoms with Crippen molar-refractivity contribution in [3.05, 3.63) is 41.7 Å². The molecule has 0 bridgehead atoms. The molecule has 2 heterocycles. The molecular formula is C19H22F3N3O3. The summed E-state index contributed by atoms with van der Waals surface area (Å²) >= 11 is 0. The number of likely N-dealkylation sites (tertiary alicyclic amines) is 1. The molecule has 152 valence electrons. The summed E-state index contributed by atoms with van der Waals surface area (Å²) in [4.78, 5) is 9.52. The maximum Gasteiger partial charge on any atom is 0.433 e. The van der Waals surface area contributed by atoms with Crippen LogP contribution in [0.1, 0.15) is 24.1 Å². The number of piperidine rings is 1. The lowest BCUT2D eigenvalue weighted by Crippen LogP contribution is -2.38. The average Bonchev–Trinajstić information content (AvgIpc) is 2.69. The van der Waals surface area contributed by atoms with Crippen LogP contribution in [0.4, 0.5) is 13.2 Å². The number of hydrogen-bond acceptors (Lipinski definition) is 6. The summed E-state index contributed by atoms with van der Waals surface area (Å²) in [5.41, 5.74) is 0.0987. The fraction of sp³-hybridized carbons (Fsp3) is 0.474. The number of ether oxygens (including phenoxy) is 3. The normalized spacial score (nSPS) is 16.0. The minimum atomic E-state index is -4.51. The number of halogens is 3. The Hall–Kier alpha value is -2.55. The third-order valence-electron chi connectivity index (χ3n) is 4.58. The summed E-state index contributed by atoms with van der Waals surface area (Å²) in [5, 5.41) is 0. The van der Waals surface area contributed by atoms with Crippen LogP contribution >= 0.6 is 0 Å². The summed E-state index contributed by atoms with van der Waals surface area (Å²) in [6.45, 7) is 2.27. The lowest BCUT2D eigenvalue weighted by Gasteiger charge is -2.31. The topological polar surface area (TPSA) is 56.7 Å². The van der Waals surface area contributed by atoms with Gasteiger partial charge in [0.25, 0.3) is 0 Å². The smallest absolute Gasteiger partial charge is 0.433 e. The fourth-order valence-electron chi connectivity index (χ4n) is 3.13. The predicted octanol–water partition coefficient (Wildman–Crippen LogP) is 3.56. The van der Waals surface area contributed by atoms with E-state index < -0.39 is 11.9 Å². The van der Waals surface area contributed by atoms with Gasteiger partial charge in [0.2, 0.25) is 0 Å². The van der Waals surface area contributed by atoms with E-state index in [9.17, 15) is 13.2 Å². The second-order valence-corrected chi connectivity index (χ2v) is 6.50. The molecule has 2 aromatic rings. The van der Waals surface area contributed by atoms with Gasteiger partial charge < -0.3 is 14.2 Å². The molecule has 1 aromatic heterocycles. The summed E-state index contributed by atoms with van der Waals surface area (Å²) < 4.78 is 54.4. The zero-order valence-corrected chi connectivity index (χ0v) is 15.7. The molecule has 0 saturated carbocycles. The Morgan fingerprint density at radius 1 is 1.07 bits per heavy atom. The summed E-state index contributed by atoms with van der Waals surface area (Å²) in [7, 11) is 3.19. The second kappa shape index (κ2) is 8.64. The molecule has 6 nitrogen and oxygen atoms in total. The quantitative estimate of drug-likeness (QED) is 0.743. The third kappa shape index (κ3) is 5.03. The monoisotopic (exact) mass is 397 g/mol. The highest BCUT2D eigenvalue weighted by molar-refractivity contribution is 5.42. The number of nitrogens with zero attached hydrogens (tertiary/aromatic N) is 3. The average molecular weight is 397 g/mol. The lowest BCUT2D eigenvalue weighted by atomic mass is 10.1. The SMILES string of the molecule is COc1ccc(CN2CCC(Oc3nccc(C(F)(F)F)n3)CC2)cc1OC. The molecule has 28 heavy (non-hydrogen) atoms. The molecule has 0 spiro atoms. The highest BCUT2D eigenvalue weighted by atomic mass is 19.4. The molecule has 1 aromatic carbocycles. The van der Waals surface area contributed by atoms with E-state index in [0.717, 1.165) is 37.5 Å². The molecule has 1 aliphatic rings. The van der Waals surface area contributed by atoms with Crippen LogP contribution in [0.3, 0.4) is 0 Å². The van der Waals surface area contributed by atoms with Crippen LogP contribution in [0.2, 0.25) is 0 Å². The van der Waals surface area contributed by atoms with Crippen molar-refractivity contribution >= 4 is 0 Å². The van der Waals surface area contributed by atoms with Crippen LogP contribution in [0.25, 0.3) is 0 Å². The molecule has 1 saturated heterocycles. The number of alkyl halides is 3. The Bertz CT molecular complexity index is 793. The molecule has 0 radical (unpaired) electrons. The maximum absolute atomic E-state index is 12.7. The first-order chi connectivity index (χ1) is 13.4. The van der Waals surface area contributed by atoms with Gasteiger partial charge in [-0.3, -0.25) is 4.90 Å². The van der Waals surface area contributed by atoms with Crippen LogP contribution in [-0.2, 0) is 12.7 Å². The van der Waals surface area contributed by atoms with Crippen molar-refractivity contribution in [2.24, 2.45) is 0 Å². The molecule has 0 aliphatic carbocycles. The van der Waals surface area contributed by atoms with Gasteiger partial charge in [0.15, 0.2) is 17.2 Å². The van der Waals surface area contributed by atoms with E-state index in [1.807, 2.05) is 18.2 Å². The first-order valence-electron chi connectivity index (χ1n) is 8.89. The Balaban J connectivity index is 1.54. The van der Waals surface area contributed by atoms with Crippen LogP contribution in [0, 0.1) is 0 Å². The van der Waals surface area contributed by atoms with Crippen molar-refractivity contribution < 1.29 is 27.4 Å². The Kier molecular flexibility index (Phi) is 6.23. The Labute approximate surface area is 161 Å². The van der Waals surface area contributed by atoms with E-state index >= 15 is 0 Å². The van der Waals surface area contributed by atoms with Gasteiger partial charge in [-0.15, -0.1) is 0 Å². The molecule has 0 unspecified atom stereocenters. The van der Waals surface area contributed by atoms with Gasteiger partial charge in [0.05, 0.1) is 14.2 Å². The Morgan fingerprint density at radius 3 is 2.43 bits per heavy atom. The molecule has 9 heteroatoms. The van der Waals surface area contributed by atoms with Gasteiger partial charge in [0, 0.05) is 25.8 Å². The van der Waals surface area contributed by atoms with Gasteiger partial charge in [-0.1, -0.05) is 6.07 Å². The van der Waals surface area contributed by atoms with E-state index in [2.05, 4.69) is 14.9 Å². The second-order valence-electron chi connectivity index (χ2n) is 6.50. The van der Waals surface area contributed by atoms with E-state index in [1.54, 1.807) is 14.2 Å². The molecule has 1 fully saturated rings. The van der Waals surface area contributed by atoms with Gasteiger partial charge in [-0.2, -0.15) is 18.2 Å². The number of methoxy groups -OCH3 is 2. The standard InChI is InChI=1S/C19H22F3N3O3/c1-26-15-4-3-13(11-16(15)27-2)12-25-9-6-14(7-10-25)28-18-23-8-5-17(24-18)19(20,21)22/h3-5,8,11,14H,6-7,9-10,12H2,1-2H3. The predicted molar refractivity (Wildman–Crippen MR) is 95.5 cm³/mol. The number of hydrogen-bond donors (Lipinski definition) is 0. The van der Waals surface area contributed by atoms with E-state index in [-0.39, 0.29) is 12.1 Å². The lowest BCUT2D eigenvalue weighted by molar-refractivity contribution is -0.141. The Morgan fingerprint density at radius 2 is 1.79 bits per heavy atom. The van der Waals surface area contributed by atoms with E-state index in [1.165, 1.54) is 0 Å². The highest BCUT2D eigenvalue weighted by Gasteiger charge is 2.33. The van der Waals surface area contributed by atoms with Crippen molar-refractivity contribution in [1.82, 2.24) is 14.9 Å².